The number of hydrogen-bond donors (Lipinski definition) is 2. The molecule has 0 spiro atoms. The highest BCUT2D eigenvalue weighted by Crippen LogP contribution is 2.19. The fraction of sp³-hybridized carbons (Fsp3) is 0.263. The van der Waals surface area contributed by atoms with Gasteiger partial charge in [0.05, 0.1) is 6.42 Å². The highest BCUT2D eigenvalue weighted by molar-refractivity contribution is 6.31. The van der Waals surface area contributed by atoms with Crippen LogP contribution in [0.15, 0.2) is 48.5 Å². The Labute approximate surface area is 151 Å². The molecule has 1 saturated heterocycles. The van der Waals surface area contributed by atoms with Crippen LogP contribution in [0.4, 0.5) is 11.4 Å². The van der Waals surface area contributed by atoms with Crippen LogP contribution in [0.2, 0.25) is 5.02 Å². The fourth-order valence-corrected chi connectivity index (χ4v) is 2.87. The maximum absolute atomic E-state index is 12.1. The van der Waals surface area contributed by atoms with Crippen molar-refractivity contribution in [3.8, 4) is 0 Å². The van der Waals surface area contributed by atoms with Crippen molar-refractivity contribution >= 4 is 34.8 Å². The molecule has 2 aromatic carbocycles. The van der Waals surface area contributed by atoms with E-state index in [1.54, 1.807) is 30.3 Å². The lowest BCUT2D eigenvalue weighted by molar-refractivity contribution is -0.124. The molecule has 2 amide bonds. The quantitative estimate of drug-likeness (QED) is 0.857. The van der Waals surface area contributed by atoms with Gasteiger partial charge >= 0.3 is 0 Å². The molecule has 0 saturated carbocycles. The Morgan fingerprint density at radius 2 is 1.72 bits per heavy atom. The van der Waals surface area contributed by atoms with Crippen LogP contribution in [0.3, 0.4) is 0 Å². The highest BCUT2D eigenvalue weighted by atomic mass is 35.5. The molecule has 130 valence electrons. The van der Waals surface area contributed by atoms with Crippen LogP contribution in [0.5, 0.6) is 0 Å². The van der Waals surface area contributed by atoms with E-state index >= 15 is 0 Å². The molecular weight excluding hydrogens is 340 g/mol. The third-order valence-electron chi connectivity index (χ3n) is 3.97. The Morgan fingerprint density at radius 1 is 1.04 bits per heavy atom. The topological polar surface area (TPSA) is 67.4 Å². The van der Waals surface area contributed by atoms with E-state index in [2.05, 4.69) is 10.6 Å². The summed E-state index contributed by atoms with van der Waals surface area (Å²) in [6.07, 6.45) is 1.50. The van der Waals surface area contributed by atoms with E-state index in [1.807, 2.05) is 18.2 Å². The summed E-state index contributed by atoms with van der Waals surface area (Å²) in [5, 5.41) is 6.21. The van der Waals surface area contributed by atoms with E-state index in [4.69, 9.17) is 16.3 Å². The third kappa shape index (κ3) is 4.81. The predicted octanol–water partition coefficient (Wildman–Crippen LogP) is 3.64. The molecule has 1 atom stereocenters. The molecule has 0 aromatic heterocycles. The second-order valence-electron chi connectivity index (χ2n) is 5.88. The lowest BCUT2D eigenvalue weighted by Crippen LogP contribution is -2.26. The summed E-state index contributed by atoms with van der Waals surface area (Å²) in [5.74, 6) is -0.280. The van der Waals surface area contributed by atoms with Crippen LogP contribution in [0.25, 0.3) is 0 Å². The van der Waals surface area contributed by atoms with E-state index in [9.17, 15) is 9.59 Å². The largest absolute Gasteiger partial charge is 0.368 e. The molecule has 1 aliphatic rings. The molecule has 6 heteroatoms. The first-order chi connectivity index (χ1) is 12.1. The number of rotatable bonds is 5. The van der Waals surface area contributed by atoms with Gasteiger partial charge in [0.2, 0.25) is 5.91 Å². The summed E-state index contributed by atoms with van der Waals surface area (Å²) in [6, 6.07) is 14.2. The zero-order valence-corrected chi connectivity index (χ0v) is 14.4. The van der Waals surface area contributed by atoms with Crippen molar-refractivity contribution in [2.75, 3.05) is 17.2 Å². The second-order valence-corrected chi connectivity index (χ2v) is 6.29. The van der Waals surface area contributed by atoms with E-state index in [0.29, 0.717) is 23.0 Å². The van der Waals surface area contributed by atoms with Gasteiger partial charge in [-0.1, -0.05) is 29.8 Å². The van der Waals surface area contributed by atoms with E-state index < -0.39 is 0 Å². The summed E-state index contributed by atoms with van der Waals surface area (Å²) in [6.45, 7) is 0.633. The zero-order chi connectivity index (χ0) is 17.6. The van der Waals surface area contributed by atoms with Crippen molar-refractivity contribution in [1.29, 1.82) is 0 Å². The van der Waals surface area contributed by atoms with Crippen molar-refractivity contribution in [1.82, 2.24) is 0 Å². The number of anilines is 2. The van der Waals surface area contributed by atoms with Crippen LogP contribution < -0.4 is 10.6 Å². The molecule has 25 heavy (non-hydrogen) atoms. The number of benzene rings is 2. The number of amides is 2. The Hall–Kier alpha value is -2.37. The molecule has 1 fully saturated rings. The number of halogens is 1. The van der Waals surface area contributed by atoms with Crippen molar-refractivity contribution in [2.45, 2.75) is 25.4 Å². The number of nitrogens with one attached hydrogen (secondary N) is 2. The minimum atomic E-state index is -0.366. The van der Waals surface area contributed by atoms with Crippen LogP contribution in [-0.2, 0) is 20.7 Å². The van der Waals surface area contributed by atoms with Crippen molar-refractivity contribution in [2.24, 2.45) is 0 Å². The minimum absolute atomic E-state index is 0.131. The maximum atomic E-state index is 12.1. The minimum Gasteiger partial charge on any atom is -0.368 e. The van der Waals surface area contributed by atoms with Gasteiger partial charge in [-0.25, -0.2) is 0 Å². The smallest absolute Gasteiger partial charge is 0.253 e. The summed E-state index contributed by atoms with van der Waals surface area (Å²) >= 11 is 6.06. The normalized spacial score (nSPS) is 16.4. The van der Waals surface area contributed by atoms with Gasteiger partial charge in [-0.15, -0.1) is 0 Å². The fourth-order valence-electron chi connectivity index (χ4n) is 2.66. The van der Waals surface area contributed by atoms with Gasteiger partial charge in [-0.2, -0.15) is 0 Å². The standard InChI is InChI=1S/C19H19ClN2O3/c20-16-5-2-1-4-13(16)12-18(23)21-14-7-9-15(10-8-14)22-19(24)17-6-3-11-25-17/h1-2,4-5,7-10,17H,3,6,11-12H2,(H,21,23)(H,22,24). The summed E-state index contributed by atoms with van der Waals surface area (Å²) < 4.78 is 5.35. The molecule has 0 radical (unpaired) electrons. The average Bonchev–Trinajstić information content (AvgIpc) is 3.13. The lowest BCUT2D eigenvalue weighted by Gasteiger charge is -2.11. The summed E-state index contributed by atoms with van der Waals surface area (Å²) in [7, 11) is 0. The van der Waals surface area contributed by atoms with Crippen LogP contribution in [0, 0.1) is 0 Å². The number of carbonyl (C=O) groups excluding carboxylic acids is 2. The molecular formula is C19H19ClN2O3. The zero-order valence-electron chi connectivity index (χ0n) is 13.6. The van der Waals surface area contributed by atoms with E-state index in [1.165, 1.54) is 0 Å². The Kier molecular flexibility index (Phi) is 5.68. The van der Waals surface area contributed by atoms with Gasteiger partial charge < -0.3 is 15.4 Å². The second kappa shape index (κ2) is 8.14. The van der Waals surface area contributed by atoms with Gasteiger partial charge in [-0.05, 0) is 48.7 Å². The Morgan fingerprint density at radius 3 is 2.36 bits per heavy atom. The molecule has 3 rings (SSSR count). The third-order valence-corrected chi connectivity index (χ3v) is 4.34. The van der Waals surface area contributed by atoms with Crippen LogP contribution >= 0.6 is 11.6 Å². The lowest BCUT2D eigenvalue weighted by atomic mass is 10.1. The molecule has 1 aliphatic heterocycles. The Balaban J connectivity index is 1.54. The van der Waals surface area contributed by atoms with Crippen LogP contribution in [-0.4, -0.2) is 24.5 Å². The summed E-state index contributed by atoms with van der Waals surface area (Å²) in [4.78, 5) is 24.1. The predicted molar refractivity (Wildman–Crippen MR) is 97.8 cm³/mol. The van der Waals surface area contributed by atoms with Crippen molar-refractivity contribution in [3.05, 3.63) is 59.1 Å². The summed E-state index contributed by atoms with van der Waals surface area (Å²) in [5.41, 5.74) is 2.11. The molecule has 2 aromatic rings. The van der Waals surface area contributed by atoms with Crippen molar-refractivity contribution in [3.63, 3.8) is 0 Å². The number of ether oxygens (including phenoxy) is 1. The molecule has 1 unspecified atom stereocenters. The first-order valence-corrected chi connectivity index (χ1v) is 8.55. The van der Waals surface area contributed by atoms with Gasteiger partial charge in [0.15, 0.2) is 0 Å². The molecule has 0 aliphatic carbocycles. The van der Waals surface area contributed by atoms with E-state index in [0.717, 1.165) is 18.4 Å². The molecule has 0 bridgehead atoms. The van der Waals surface area contributed by atoms with Gasteiger partial charge in [0.1, 0.15) is 6.10 Å². The molecule has 1 heterocycles. The molecule has 5 nitrogen and oxygen atoms in total. The van der Waals surface area contributed by atoms with Crippen LogP contribution in [0.1, 0.15) is 18.4 Å². The SMILES string of the molecule is O=C(Cc1ccccc1Cl)Nc1ccc(NC(=O)C2CCCO2)cc1. The van der Waals surface area contributed by atoms with Gasteiger partial charge in [0, 0.05) is 23.0 Å². The first-order valence-electron chi connectivity index (χ1n) is 8.17. The Bertz CT molecular complexity index is 756. The van der Waals surface area contributed by atoms with E-state index in [-0.39, 0.29) is 24.3 Å². The first kappa shape index (κ1) is 17.5. The maximum Gasteiger partial charge on any atom is 0.253 e. The monoisotopic (exact) mass is 358 g/mol. The number of hydrogen-bond acceptors (Lipinski definition) is 3. The van der Waals surface area contributed by atoms with Crippen molar-refractivity contribution < 1.29 is 14.3 Å². The van der Waals surface area contributed by atoms with Gasteiger partial charge in [0.25, 0.3) is 5.91 Å². The highest BCUT2D eigenvalue weighted by Gasteiger charge is 2.23. The molecule has 2 N–H and O–H groups in total. The number of carbonyl (C=O) groups is 2. The van der Waals surface area contributed by atoms with Gasteiger partial charge in [-0.3, -0.25) is 9.59 Å². The average molecular weight is 359 g/mol.